The van der Waals surface area contributed by atoms with Crippen LogP contribution < -0.4 is 11.2 Å². The van der Waals surface area contributed by atoms with Gasteiger partial charge in [0.15, 0.2) is 5.03 Å². The highest BCUT2D eigenvalue weighted by Gasteiger charge is 2.46. The van der Waals surface area contributed by atoms with Crippen molar-refractivity contribution in [3.63, 3.8) is 0 Å². The van der Waals surface area contributed by atoms with Gasteiger partial charge in [0.05, 0.1) is 21.1 Å². The smallest absolute Gasteiger partial charge is 0.288 e. The van der Waals surface area contributed by atoms with Crippen molar-refractivity contribution in [3.8, 4) is 11.1 Å². The van der Waals surface area contributed by atoms with Gasteiger partial charge in [-0.05, 0) is 16.7 Å². The SMILES string of the molecule is NC1=C(C(=O)NN=C2c3ccccc3-c3ccccc32)C(c2ccc([N+](=O)[O-])cc2)C([N+](=O)[O-])=C2SCCN12. The second kappa shape index (κ2) is 9.40. The zero-order chi connectivity index (χ0) is 27.3. The van der Waals surface area contributed by atoms with Gasteiger partial charge < -0.3 is 10.6 Å². The minimum atomic E-state index is -1.15. The van der Waals surface area contributed by atoms with Crippen molar-refractivity contribution in [2.75, 3.05) is 12.3 Å². The molecule has 2 heterocycles. The van der Waals surface area contributed by atoms with Crippen LogP contribution in [-0.4, -0.2) is 38.7 Å². The van der Waals surface area contributed by atoms with Gasteiger partial charge >= 0.3 is 0 Å². The van der Waals surface area contributed by atoms with Crippen molar-refractivity contribution >= 4 is 29.1 Å². The first-order chi connectivity index (χ1) is 18.9. The van der Waals surface area contributed by atoms with Gasteiger partial charge in [0.2, 0.25) is 0 Å². The van der Waals surface area contributed by atoms with E-state index in [1.807, 2.05) is 48.5 Å². The van der Waals surface area contributed by atoms with E-state index in [-0.39, 0.29) is 22.8 Å². The molecule has 3 N–H and O–H groups in total. The van der Waals surface area contributed by atoms with Crippen molar-refractivity contribution in [1.29, 1.82) is 0 Å². The van der Waals surface area contributed by atoms with Crippen LogP contribution in [0.1, 0.15) is 22.6 Å². The molecule has 2 aliphatic heterocycles. The number of thioether (sulfide) groups is 1. The molecule has 1 amide bonds. The van der Waals surface area contributed by atoms with Crippen molar-refractivity contribution in [2.24, 2.45) is 10.8 Å². The molecule has 11 nitrogen and oxygen atoms in total. The lowest BCUT2D eigenvalue weighted by Crippen LogP contribution is -2.39. The number of allylic oxidation sites excluding steroid dienone is 1. The fourth-order valence-electron chi connectivity index (χ4n) is 5.23. The van der Waals surface area contributed by atoms with Crippen LogP contribution in [0.2, 0.25) is 0 Å². The van der Waals surface area contributed by atoms with Crippen molar-refractivity contribution in [1.82, 2.24) is 10.3 Å². The zero-order valence-electron chi connectivity index (χ0n) is 20.2. The van der Waals surface area contributed by atoms with E-state index in [2.05, 4.69) is 10.5 Å². The molecule has 1 fully saturated rings. The van der Waals surface area contributed by atoms with Crippen LogP contribution in [0.5, 0.6) is 0 Å². The van der Waals surface area contributed by atoms with Crippen LogP contribution >= 0.6 is 11.8 Å². The Hall–Kier alpha value is -4.97. The van der Waals surface area contributed by atoms with Gasteiger partial charge in [-0.1, -0.05) is 72.4 Å². The molecule has 3 aromatic carbocycles. The lowest BCUT2D eigenvalue weighted by molar-refractivity contribution is -0.431. The number of hydrogen-bond acceptors (Lipinski definition) is 9. The number of nitrogens with two attached hydrogens (primary N) is 1. The van der Waals surface area contributed by atoms with Crippen LogP contribution in [0.3, 0.4) is 0 Å². The summed E-state index contributed by atoms with van der Waals surface area (Å²) in [4.78, 5) is 37.8. The molecule has 6 rings (SSSR count). The molecule has 3 aliphatic rings. The third kappa shape index (κ3) is 3.92. The number of nitrogens with zero attached hydrogens (tertiary/aromatic N) is 4. The summed E-state index contributed by atoms with van der Waals surface area (Å²) in [5.74, 6) is -1.19. The maximum atomic E-state index is 13.8. The zero-order valence-corrected chi connectivity index (χ0v) is 21.1. The molecule has 3 aromatic rings. The van der Waals surface area contributed by atoms with E-state index < -0.39 is 21.7 Å². The number of benzene rings is 3. The van der Waals surface area contributed by atoms with Gasteiger partial charge in [0.1, 0.15) is 11.7 Å². The quantitative estimate of drug-likeness (QED) is 0.285. The fourth-order valence-corrected chi connectivity index (χ4v) is 6.39. The molecule has 1 unspecified atom stereocenters. The number of amides is 1. The summed E-state index contributed by atoms with van der Waals surface area (Å²) < 4.78 is 0. The Kier molecular flexibility index (Phi) is 5.88. The average molecular weight is 541 g/mol. The maximum absolute atomic E-state index is 13.8. The van der Waals surface area contributed by atoms with E-state index in [1.54, 1.807) is 4.90 Å². The number of fused-ring (bicyclic) bond motifs is 4. The monoisotopic (exact) mass is 540 g/mol. The molecule has 0 saturated carbocycles. The molecule has 0 spiro atoms. The molecule has 12 heteroatoms. The van der Waals surface area contributed by atoms with Gasteiger partial charge in [-0.3, -0.25) is 25.0 Å². The van der Waals surface area contributed by atoms with Crippen LogP contribution in [0.15, 0.2) is 100 Å². The first-order valence-corrected chi connectivity index (χ1v) is 13.0. The summed E-state index contributed by atoms with van der Waals surface area (Å²) in [7, 11) is 0. The van der Waals surface area contributed by atoms with E-state index in [9.17, 15) is 25.0 Å². The largest absolute Gasteiger partial charge is 0.385 e. The number of carbonyl (C=O) groups is 1. The summed E-state index contributed by atoms with van der Waals surface area (Å²) in [5.41, 5.74) is 13.3. The highest BCUT2D eigenvalue weighted by atomic mass is 32.2. The minimum Gasteiger partial charge on any atom is -0.385 e. The number of rotatable bonds is 5. The van der Waals surface area contributed by atoms with Gasteiger partial charge in [-0.2, -0.15) is 5.10 Å². The number of nitrogens with one attached hydrogen (secondary N) is 1. The Labute approximate surface area is 226 Å². The third-order valence-corrected chi connectivity index (χ3v) is 8.04. The summed E-state index contributed by atoms with van der Waals surface area (Å²) in [5, 5.41) is 28.4. The molecule has 194 valence electrons. The fraction of sp³-hybridized carbons (Fsp3) is 0.111. The number of non-ortho nitro benzene ring substituents is 1. The van der Waals surface area contributed by atoms with Gasteiger partial charge in [0, 0.05) is 35.6 Å². The predicted molar refractivity (Wildman–Crippen MR) is 146 cm³/mol. The Morgan fingerprint density at radius 3 is 2.08 bits per heavy atom. The van der Waals surface area contributed by atoms with Crippen LogP contribution in [0.25, 0.3) is 11.1 Å². The van der Waals surface area contributed by atoms with Crippen LogP contribution in [0.4, 0.5) is 5.69 Å². The molecule has 1 atom stereocenters. The Bertz CT molecular complexity index is 1620. The normalized spacial score (nSPS) is 17.5. The first-order valence-electron chi connectivity index (χ1n) is 12.0. The van der Waals surface area contributed by atoms with Gasteiger partial charge in [-0.25, -0.2) is 5.43 Å². The Morgan fingerprint density at radius 2 is 1.51 bits per heavy atom. The standard InChI is InChI=1S/C27H20N6O5S/c28-25-22(26(34)30-29-23-19-7-3-1-5-17(19)18-6-2-4-8-20(18)23)21(15-9-11-16(12-10-15)32(35)36)24(33(37)38)27-31(25)13-14-39-27/h1-12,21H,13-14,28H2,(H,30,34). The summed E-state index contributed by atoms with van der Waals surface area (Å²) in [6.07, 6.45) is 0. The Balaban J connectivity index is 1.44. The summed E-state index contributed by atoms with van der Waals surface area (Å²) >= 11 is 1.29. The third-order valence-electron chi connectivity index (χ3n) is 6.95. The predicted octanol–water partition coefficient (Wildman–Crippen LogP) is 3.91. The number of nitro groups is 2. The molecule has 0 bridgehead atoms. The van der Waals surface area contributed by atoms with E-state index in [4.69, 9.17) is 5.73 Å². The summed E-state index contributed by atoms with van der Waals surface area (Å²) in [6.45, 7) is 0.405. The molecular weight excluding hydrogens is 520 g/mol. The van der Waals surface area contributed by atoms with E-state index in [1.165, 1.54) is 36.0 Å². The van der Waals surface area contributed by atoms with Crippen molar-refractivity contribution < 1.29 is 14.6 Å². The molecule has 0 radical (unpaired) electrons. The number of nitro benzene ring substituents is 1. The first kappa shape index (κ1) is 24.4. The number of hydrazone groups is 1. The second-order valence-corrected chi connectivity index (χ2v) is 10.1. The number of carbonyl (C=O) groups excluding carboxylic acids is 1. The lowest BCUT2D eigenvalue weighted by atomic mass is 9.85. The second-order valence-electron chi connectivity index (χ2n) is 9.02. The summed E-state index contributed by atoms with van der Waals surface area (Å²) in [6, 6.07) is 20.7. The average Bonchev–Trinajstić information content (AvgIpc) is 3.55. The van der Waals surface area contributed by atoms with Crippen LogP contribution in [0, 0.1) is 20.2 Å². The molecule has 1 saturated heterocycles. The van der Waals surface area contributed by atoms with E-state index in [0.717, 1.165) is 22.3 Å². The topological polar surface area (TPSA) is 157 Å². The van der Waals surface area contributed by atoms with E-state index >= 15 is 0 Å². The molecule has 39 heavy (non-hydrogen) atoms. The van der Waals surface area contributed by atoms with Crippen molar-refractivity contribution in [3.05, 3.63) is 132 Å². The maximum Gasteiger partial charge on any atom is 0.288 e. The van der Waals surface area contributed by atoms with Crippen LogP contribution in [-0.2, 0) is 4.79 Å². The number of hydrogen-bond donors (Lipinski definition) is 2. The highest BCUT2D eigenvalue weighted by Crippen LogP contribution is 2.47. The van der Waals surface area contributed by atoms with Crippen molar-refractivity contribution in [2.45, 2.75) is 5.92 Å². The Morgan fingerprint density at radius 1 is 0.923 bits per heavy atom. The molecular formula is C27H20N6O5S. The minimum absolute atomic E-state index is 0.0364. The molecule has 0 aromatic heterocycles. The van der Waals surface area contributed by atoms with Gasteiger partial charge in [0.25, 0.3) is 17.3 Å². The highest BCUT2D eigenvalue weighted by molar-refractivity contribution is 8.03. The lowest BCUT2D eigenvalue weighted by Gasteiger charge is -2.31. The van der Waals surface area contributed by atoms with E-state index in [0.29, 0.717) is 28.6 Å². The molecule has 1 aliphatic carbocycles. The van der Waals surface area contributed by atoms with Gasteiger partial charge in [-0.15, -0.1) is 0 Å².